The number of halogens is 1. The van der Waals surface area contributed by atoms with Gasteiger partial charge in [0.15, 0.2) is 5.22 Å². The van der Waals surface area contributed by atoms with E-state index in [9.17, 15) is 0 Å². The van der Waals surface area contributed by atoms with Crippen molar-refractivity contribution in [1.82, 2.24) is 5.32 Å². The van der Waals surface area contributed by atoms with Crippen LogP contribution in [0.4, 0.5) is 0 Å². The molecule has 0 aliphatic carbocycles. The molecule has 0 saturated heterocycles. The van der Waals surface area contributed by atoms with Crippen LogP contribution in [0.3, 0.4) is 0 Å². The molecule has 0 aromatic carbocycles. The number of hydrogen-bond acceptors (Lipinski definition) is 2. The summed E-state index contributed by atoms with van der Waals surface area (Å²) in [7, 11) is 0. The number of hydrogen-bond donors (Lipinski definition) is 1. The third-order valence-electron chi connectivity index (χ3n) is 2.05. The molecule has 1 heterocycles. The van der Waals surface area contributed by atoms with Crippen LogP contribution in [-0.4, -0.2) is 6.54 Å². The van der Waals surface area contributed by atoms with Gasteiger partial charge in [-0.3, -0.25) is 0 Å². The Morgan fingerprint density at radius 1 is 1.71 bits per heavy atom. The second-order valence-corrected chi connectivity index (χ2v) is 3.35. The summed E-state index contributed by atoms with van der Waals surface area (Å²) in [6, 6.07) is 2.08. The third kappa shape index (κ3) is 2.80. The zero-order chi connectivity index (χ0) is 10.4. The van der Waals surface area contributed by atoms with Crippen LogP contribution < -0.4 is 5.32 Å². The smallest absolute Gasteiger partial charge is 0.197 e. The second-order valence-electron chi connectivity index (χ2n) is 3.00. The van der Waals surface area contributed by atoms with Gasteiger partial charge >= 0.3 is 0 Å². The maximum Gasteiger partial charge on any atom is 0.197 e. The van der Waals surface area contributed by atoms with Crippen LogP contribution >= 0.6 is 11.6 Å². The number of rotatable bonds is 5. The zero-order valence-corrected chi connectivity index (χ0v) is 8.97. The third-order valence-corrected chi connectivity index (χ3v) is 2.36. The number of terminal acetylenes is 1. The average molecular weight is 212 g/mol. The molecule has 1 aromatic rings. The Morgan fingerprint density at radius 3 is 3.00 bits per heavy atom. The van der Waals surface area contributed by atoms with E-state index in [0.29, 0.717) is 5.22 Å². The Balaban J connectivity index is 2.68. The molecule has 2 nitrogen and oxygen atoms in total. The lowest BCUT2D eigenvalue weighted by Gasteiger charge is -2.15. The molecule has 76 valence electrons. The van der Waals surface area contributed by atoms with Crippen molar-refractivity contribution in [3.8, 4) is 12.3 Å². The molecule has 3 heteroatoms. The molecule has 0 amide bonds. The molecule has 1 rings (SSSR count). The SMILES string of the molecule is C#CCCC(NCC)c1ccoc1Cl. The highest BCUT2D eigenvalue weighted by Crippen LogP contribution is 2.26. The Hall–Kier alpha value is -0.910. The fourth-order valence-electron chi connectivity index (χ4n) is 1.40. The maximum atomic E-state index is 5.89. The zero-order valence-electron chi connectivity index (χ0n) is 8.22. The van der Waals surface area contributed by atoms with Crippen molar-refractivity contribution in [2.75, 3.05) is 6.54 Å². The molecular weight excluding hydrogens is 198 g/mol. The molecule has 0 spiro atoms. The van der Waals surface area contributed by atoms with E-state index in [-0.39, 0.29) is 6.04 Å². The van der Waals surface area contributed by atoms with Crippen LogP contribution in [0.2, 0.25) is 5.22 Å². The highest BCUT2D eigenvalue weighted by atomic mass is 35.5. The van der Waals surface area contributed by atoms with Crippen molar-refractivity contribution in [3.05, 3.63) is 23.1 Å². The van der Waals surface area contributed by atoms with Crippen LogP contribution in [0.5, 0.6) is 0 Å². The van der Waals surface area contributed by atoms with Crippen LogP contribution in [0.25, 0.3) is 0 Å². The van der Waals surface area contributed by atoms with Gasteiger partial charge < -0.3 is 9.73 Å². The molecular formula is C11H14ClNO. The predicted molar refractivity (Wildman–Crippen MR) is 58.2 cm³/mol. The molecule has 1 atom stereocenters. The molecule has 0 aliphatic rings. The van der Waals surface area contributed by atoms with Crippen molar-refractivity contribution in [1.29, 1.82) is 0 Å². The van der Waals surface area contributed by atoms with E-state index in [1.165, 1.54) is 0 Å². The van der Waals surface area contributed by atoms with Gasteiger partial charge in [-0.15, -0.1) is 12.3 Å². The van der Waals surface area contributed by atoms with Crippen molar-refractivity contribution in [2.24, 2.45) is 0 Å². The molecule has 1 unspecified atom stereocenters. The highest BCUT2D eigenvalue weighted by molar-refractivity contribution is 6.29. The van der Waals surface area contributed by atoms with E-state index in [4.69, 9.17) is 22.4 Å². The Bertz CT molecular complexity index is 313. The van der Waals surface area contributed by atoms with Gasteiger partial charge in [-0.2, -0.15) is 0 Å². The molecule has 0 fully saturated rings. The molecule has 1 N–H and O–H groups in total. The lowest BCUT2D eigenvalue weighted by Crippen LogP contribution is -2.20. The minimum atomic E-state index is 0.197. The first-order valence-electron chi connectivity index (χ1n) is 4.69. The van der Waals surface area contributed by atoms with Crippen molar-refractivity contribution >= 4 is 11.6 Å². The van der Waals surface area contributed by atoms with E-state index in [1.54, 1.807) is 6.26 Å². The summed E-state index contributed by atoms with van der Waals surface area (Å²) >= 11 is 5.89. The van der Waals surface area contributed by atoms with Gasteiger partial charge in [-0.1, -0.05) is 6.92 Å². The van der Waals surface area contributed by atoms with Crippen LogP contribution in [0, 0.1) is 12.3 Å². The summed E-state index contributed by atoms with van der Waals surface area (Å²) in [4.78, 5) is 0. The van der Waals surface area contributed by atoms with Gasteiger partial charge in [-0.05, 0) is 30.6 Å². The quantitative estimate of drug-likeness (QED) is 0.758. The molecule has 0 radical (unpaired) electrons. The van der Waals surface area contributed by atoms with E-state index in [2.05, 4.69) is 18.2 Å². The van der Waals surface area contributed by atoms with Gasteiger partial charge in [-0.25, -0.2) is 0 Å². The van der Waals surface area contributed by atoms with Crippen molar-refractivity contribution in [2.45, 2.75) is 25.8 Å². The minimum Gasteiger partial charge on any atom is -0.453 e. The first-order valence-corrected chi connectivity index (χ1v) is 5.07. The van der Waals surface area contributed by atoms with Gasteiger partial charge in [0.05, 0.1) is 6.26 Å². The van der Waals surface area contributed by atoms with E-state index < -0.39 is 0 Å². The van der Waals surface area contributed by atoms with Crippen LogP contribution in [0.15, 0.2) is 16.7 Å². The predicted octanol–water partition coefficient (Wildman–Crippen LogP) is 3.00. The molecule has 0 aliphatic heterocycles. The van der Waals surface area contributed by atoms with E-state index in [0.717, 1.165) is 24.9 Å². The van der Waals surface area contributed by atoms with Gasteiger partial charge in [0, 0.05) is 18.0 Å². The summed E-state index contributed by atoms with van der Waals surface area (Å²) in [5.74, 6) is 2.62. The minimum absolute atomic E-state index is 0.197. The average Bonchev–Trinajstić information content (AvgIpc) is 2.59. The maximum absolute atomic E-state index is 5.89. The van der Waals surface area contributed by atoms with Crippen molar-refractivity contribution < 1.29 is 4.42 Å². The summed E-state index contributed by atoms with van der Waals surface area (Å²) in [6.07, 6.45) is 8.44. The molecule has 14 heavy (non-hydrogen) atoms. The fourth-order valence-corrected chi connectivity index (χ4v) is 1.64. The largest absolute Gasteiger partial charge is 0.453 e. The number of furan rings is 1. The Labute approximate surface area is 89.6 Å². The molecule has 1 aromatic heterocycles. The lowest BCUT2D eigenvalue weighted by atomic mass is 10.1. The highest BCUT2D eigenvalue weighted by Gasteiger charge is 2.14. The van der Waals surface area contributed by atoms with E-state index in [1.807, 2.05) is 6.07 Å². The summed E-state index contributed by atoms with van der Waals surface area (Å²) in [5.41, 5.74) is 0.990. The van der Waals surface area contributed by atoms with Crippen LogP contribution in [0.1, 0.15) is 31.4 Å². The molecule has 0 bridgehead atoms. The van der Waals surface area contributed by atoms with E-state index >= 15 is 0 Å². The van der Waals surface area contributed by atoms with Crippen LogP contribution in [-0.2, 0) is 0 Å². The summed E-state index contributed by atoms with van der Waals surface area (Å²) in [6.45, 7) is 2.94. The normalized spacial score (nSPS) is 12.4. The standard InChI is InChI=1S/C11H14ClNO/c1-3-5-6-10(13-4-2)9-7-8-14-11(9)12/h1,7-8,10,13H,4-6H2,2H3. The first kappa shape index (κ1) is 11.2. The first-order chi connectivity index (χ1) is 6.79. The van der Waals surface area contributed by atoms with Gasteiger partial charge in [0.2, 0.25) is 0 Å². The Morgan fingerprint density at radius 2 is 2.50 bits per heavy atom. The lowest BCUT2D eigenvalue weighted by molar-refractivity contribution is 0.507. The van der Waals surface area contributed by atoms with Gasteiger partial charge in [0.1, 0.15) is 0 Å². The number of nitrogens with one attached hydrogen (secondary N) is 1. The van der Waals surface area contributed by atoms with Gasteiger partial charge in [0.25, 0.3) is 0 Å². The second kappa shape index (κ2) is 5.74. The fraction of sp³-hybridized carbons (Fsp3) is 0.455. The Kier molecular flexibility index (Phi) is 4.58. The molecule has 0 saturated carbocycles. The van der Waals surface area contributed by atoms with Crippen molar-refractivity contribution in [3.63, 3.8) is 0 Å². The summed E-state index contributed by atoms with van der Waals surface area (Å²) in [5, 5.41) is 3.77. The summed E-state index contributed by atoms with van der Waals surface area (Å²) < 4.78 is 5.05. The topological polar surface area (TPSA) is 25.2 Å². The monoisotopic (exact) mass is 211 g/mol.